The Morgan fingerprint density at radius 1 is 0.917 bits per heavy atom. The van der Waals surface area contributed by atoms with Crippen molar-refractivity contribution in [2.45, 2.75) is 53.6 Å². The summed E-state index contributed by atoms with van der Waals surface area (Å²) in [4.78, 5) is 5.66. The third-order valence-electron chi connectivity index (χ3n) is 1.57. The highest BCUT2D eigenvalue weighted by molar-refractivity contribution is 4.63. The Balaban J connectivity index is 3.80. The molecule has 2 nitrogen and oxygen atoms in total. The van der Waals surface area contributed by atoms with Crippen LogP contribution in [0.2, 0.25) is 0 Å². The number of hydroxylamine groups is 2. The normalized spacial score (nSPS) is 12.5. The third-order valence-corrected chi connectivity index (χ3v) is 1.57. The first-order valence-corrected chi connectivity index (χ1v) is 4.86. The second kappa shape index (κ2) is 5.55. The Bertz CT molecular complexity index is 102. The fourth-order valence-electron chi connectivity index (χ4n) is 1.13. The third kappa shape index (κ3) is 4.73. The number of hydrogen-bond donors (Lipinski definition) is 0. The van der Waals surface area contributed by atoms with Gasteiger partial charge >= 0.3 is 0 Å². The summed E-state index contributed by atoms with van der Waals surface area (Å²) >= 11 is 0. The average Bonchev–Trinajstić information content (AvgIpc) is 1.84. The van der Waals surface area contributed by atoms with E-state index in [-0.39, 0.29) is 0 Å². The van der Waals surface area contributed by atoms with Gasteiger partial charge in [-0.05, 0) is 38.7 Å². The summed E-state index contributed by atoms with van der Waals surface area (Å²) in [7, 11) is 0. The van der Waals surface area contributed by atoms with Gasteiger partial charge in [-0.15, -0.1) is 4.84 Å². The molecule has 73 valence electrons. The quantitative estimate of drug-likeness (QED) is 0.460. The van der Waals surface area contributed by atoms with Crippen LogP contribution < -0.4 is 5.06 Å². The van der Waals surface area contributed by atoms with Crippen LogP contribution in [0.3, 0.4) is 0 Å². The van der Waals surface area contributed by atoms with Gasteiger partial charge in [0, 0.05) is 0 Å². The summed E-state index contributed by atoms with van der Waals surface area (Å²) in [6.07, 6.45) is 0. The van der Waals surface area contributed by atoms with Crippen molar-refractivity contribution in [2.24, 2.45) is 5.92 Å². The van der Waals surface area contributed by atoms with Gasteiger partial charge in [0.1, 0.15) is 6.61 Å². The van der Waals surface area contributed by atoms with Crippen LogP contribution in [-0.4, -0.2) is 18.7 Å². The van der Waals surface area contributed by atoms with Crippen molar-refractivity contribution in [3.8, 4) is 0 Å². The molecule has 0 fully saturated rings. The van der Waals surface area contributed by atoms with Gasteiger partial charge in [0.05, 0.1) is 0 Å². The molecule has 0 aromatic carbocycles. The van der Waals surface area contributed by atoms with E-state index < -0.39 is 0 Å². The summed E-state index contributed by atoms with van der Waals surface area (Å²) < 4.78 is 0. The van der Waals surface area contributed by atoms with Gasteiger partial charge in [-0.2, -0.15) is 0 Å². The predicted molar refractivity (Wildman–Crippen MR) is 53.2 cm³/mol. The molecule has 0 atom stereocenters. The lowest BCUT2D eigenvalue weighted by Gasteiger charge is -2.17. The largest absolute Gasteiger partial charge is 0.164 e. The monoisotopic (exact) mass is 173 g/mol. The van der Waals surface area contributed by atoms with Crippen molar-refractivity contribution in [3.63, 3.8) is 0 Å². The molecule has 1 radical (unpaired) electrons. The molecule has 0 N–H and O–H groups in total. The van der Waals surface area contributed by atoms with Crippen LogP contribution in [0.25, 0.3) is 0 Å². The SMILES string of the molecule is CC(C)CO[N+](C(C)C)C(C)C. The van der Waals surface area contributed by atoms with Crippen LogP contribution in [-0.2, 0) is 4.84 Å². The van der Waals surface area contributed by atoms with Crippen LogP contribution in [0, 0.1) is 5.92 Å². The molecular weight excluding hydrogens is 150 g/mol. The summed E-state index contributed by atoms with van der Waals surface area (Å²) in [6.45, 7) is 13.8. The van der Waals surface area contributed by atoms with Gasteiger partial charge in [-0.3, -0.25) is 0 Å². The van der Waals surface area contributed by atoms with Crippen molar-refractivity contribution < 1.29 is 4.84 Å². The molecule has 0 bridgehead atoms. The first-order chi connectivity index (χ1) is 5.45. The van der Waals surface area contributed by atoms with Gasteiger partial charge in [-0.1, -0.05) is 13.8 Å². The Labute approximate surface area is 76.9 Å². The predicted octanol–water partition coefficient (Wildman–Crippen LogP) is 2.53. The molecule has 0 heterocycles. The number of hydrogen-bond acceptors (Lipinski definition) is 2. The van der Waals surface area contributed by atoms with Gasteiger partial charge in [-0.25, -0.2) is 0 Å². The van der Waals surface area contributed by atoms with Crippen LogP contribution in [0.1, 0.15) is 41.5 Å². The molecule has 0 aliphatic heterocycles. The minimum absolute atomic E-state index is 0.462. The van der Waals surface area contributed by atoms with Crippen molar-refractivity contribution in [1.29, 1.82) is 0 Å². The average molecular weight is 173 g/mol. The molecular formula is C10H23NO+. The molecule has 0 amide bonds. The topological polar surface area (TPSA) is 15.1 Å². The zero-order valence-corrected chi connectivity index (χ0v) is 9.29. The maximum atomic E-state index is 5.66. The first kappa shape index (κ1) is 11.9. The molecule has 0 aliphatic carbocycles. The van der Waals surface area contributed by atoms with Gasteiger partial charge in [0.2, 0.25) is 0 Å². The summed E-state index contributed by atoms with van der Waals surface area (Å²) in [5.74, 6) is 0.602. The lowest BCUT2D eigenvalue weighted by atomic mass is 10.2. The van der Waals surface area contributed by atoms with E-state index >= 15 is 0 Å². The maximum absolute atomic E-state index is 5.66. The fourth-order valence-corrected chi connectivity index (χ4v) is 1.13. The molecule has 0 spiro atoms. The van der Waals surface area contributed by atoms with Gasteiger partial charge < -0.3 is 0 Å². The van der Waals surface area contributed by atoms with E-state index in [2.05, 4.69) is 46.6 Å². The van der Waals surface area contributed by atoms with Crippen molar-refractivity contribution >= 4 is 0 Å². The van der Waals surface area contributed by atoms with E-state index in [0.717, 1.165) is 6.61 Å². The maximum Gasteiger partial charge on any atom is 0.164 e. The van der Waals surface area contributed by atoms with E-state index in [1.807, 2.05) is 0 Å². The number of rotatable bonds is 5. The lowest BCUT2D eigenvalue weighted by molar-refractivity contribution is -0.118. The molecule has 0 aromatic heterocycles. The Kier molecular flexibility index (Phi) is 5.51. The van der Waals surface area contributed by atoms with E-state index in [9.17, 15) is 0 Å². The van der Waals surface area contributed by atoms with Crippen molar-refractivity contribution in [2.75, 3.05) is 6.61 Å². The standard InChI is InChI=1S/C10H23NO/c1-8(2)7-12-11(9(3)4)10(5)6/h8-10H,7H2,1-6H3/q+1. The zero-order chi connectivity index (χ0) is 9.72. The lowest BCUT2D eigenvalue weighted by Crippen LogP contribution is -2.43. The molecule has 0 aromatic rings. The fraction of sp³-hybridized carbons (Fsp3) is 1.00. The van der Waals surface area contributed by atoms with E-state index in [1.165, 1.54) is 0 Å². The van der Waals surface area contributed by atoms with Gasteiger partial charge in [0.15, 0.2) is 12.1 Å². The van der Waals surface area contributed by atoms with Crippen LogP contribution in [0.5, 0.6) is 0 Å². The Morgan fingerprint density at radius 3 is 1.58 bits per heavy atom. The van der Waals surface area contributed by atoms with Crippen LogP contribution in [0.4, 0.5) is 0 Å². The van der Waals surface area contributed by atoms with Crippen molar-refractivity contribution in [3.05, 3.63) is 0 Å². The Morgan fingerprint density at radius 2 is 1.33 bits per heavy atom. The molecule has 0 saturated carbocycles. The second-order valence-electron chi connectivity index (χ2n) is 4.24. The van der Waals surface area contributed by atoms with Crippen LogP contribution in [0.15, 0.2) is 0 Å². The highest BCUT2D eigenvalue weighted by Crippen LogP contribution is 2.03. The minimum atomic E-state index is 0.462. The summed E-state index contributed by atoms with van der Waals surface area (Å²) in [5, 5.41) is 2.06. The molecule has 12 heavy (non-hydrogen) atoms. The second-order valence-corrected chi connectivity index (χ2v) is 4.24. The molecule has 0 unspecified atom stereocenters. The highest BCUT2D eigenvalue weighted by Gasteiger charge is 2.26. The van der Waals surface area contributed by atoms with E-state index in [0.29, 0.717) is 18.0 Å². The van der Waals surface area contributed by atoms with Gasteiger partial charge in [0.25, 0.3) is 0 Å². The molecule has 2 heteroatoms. The summed E-state index contributed by atoms with van der Waals surface area (Å²) in [6, 6.07) is 0.924. The Hall–Kier alpha value is -0.0800. The smallest absolute Gasteiger partial charge is 0.148 e. The highest BCUT2D eigenvalue weighted by atomic mass is 16.7. The zero-order valence-electron chi connectivity index (χ0n) is 9.29. The summed E-state index contributed by atoms with van der Waals surface area (Å²) in [5.41, 5.74) is 0. The molecule has 0 aliphatic rings. The van der Waals surface area contributed by atoms with E-state index in [1.54, 1.807) is 0 Å². The molecule has 0 saturated heterocycles. The number of nitrogens with zero attached hydrogens (tertiary/aromatic N) is 1. The first-order valence-electron chi connectivity index (χ1n) is 4.86. The van der Waals surface area contributed by atoms with Crippen molar-refractivity contribution in [1.82, 2.24) is 5.06 Å². The van der Waals surface area contributed by atoms with E-state index in [4.69, 9.17) is 4.84 Å². The minimum Gasteiger partial charge on any atom is -0.148 e. The molecule has 0 rings (SSSR count). The van der Waals surface area contributed by atoms with Crippen LogP contribution >= 0.6 is 0 Å².